The number of hydrogen-bond donors (Lipinski definition) is 0. The summed E-state index contributed by atoms with van der Waals surface area (Å²) in [6.45, 7) is 0. The first-order valence-corrected chi connectivity index (χ1v) is 3.63. The van der Waals surface area contributed by atoms with Crippen molar-refractivity contribution in [3.63, 3.8) is 0 Å². The van der Waals surface area contributed by atoms with Crippen LogP contribution in [0.1, 0.15) is 59.4 Å². The maximum Gasteiger partial charge on any atom is 0.0809 e. The molecule has 0 fully saturated rings. The summed E-state index contributed by atoms with van der Waals surface area (Å²) >= 11 is 1.72. The minimum Gasteiger partial charge on any atom is -0.255 e. The monoisotopic (exact) mass is 263 g/mol. The van der Waals surface area contributed by atoms with Gasteiger partial charge in [0, 0.05) is 6.20 Å². The SMILES string of the molecule is C.C.C.C.C.C.C.C.c1cnc2ccsc2c1. The second kappa shape index (κ2) is 20.5. The third-order valence-electron chi connectivity index (χ3n) is 1.22. The molecule has 0 aliphatic heterocycles. The molecule has 0 bridgehead atoms. The summed E-state index contributed by atoms with van der Waals surface area (Å²) in [6, 6.07) is 6.06. The molecule has 0 aliphatic rings. The molecule has 2 aromatic rings. The van der Waals surface area contributed by atoms with Crippen LogP contribution in [-0.2, 0) is 0 Å². The van der Waals surface area contributed by atoms with Gasteiger partial charge in [-0.05, 0) is 23.6 Å². The fraction of sp³-hybridized carbons (Fsp3) is 0.533. The number of hydrogen-bond acceptors (Lipinski definition) is 2. The summed E-state index contributed by atoms with van der Waals surface area (Å²) in [4.78, 5) is 4.15. The zero-order valence-corrected chi connectivity index (χ0v) is 5.56. The lowest BCUT2D eigenvalue weighted by Gasteiger charge is -1.81. The molecule has 0 radical (unpaired) electrons. The minimum atomic E-state index is 0. The standard InChI is InChI=1S/C7H5NS.8CH4/c1-2-7-6(8-4-1)3-5-9-7;;;;;;;;/h1-5H;8*1H4. The fourth-order valence-electron chi connectivity index (χ4n) is 0.799. The molecule has 0 atom stereocenters. The van der Waals surface area contributed by atoms with Crippen LogP contribution in [0.5, 0.6) is 0 Å². The molecular weight excluding hydrogens is 226 g/mol. The van der Waals surface area contributed by atoms with Crippen LogP contribution < -0.4 is 0 Å². The Kier molecular flexibility index (Phi) is 53.5. The third-order valence-corrected chi connectivity index (χ3v) is 2.09. The highest BCUT2D eigenvalue weighted by Crippen LogP contribution is 2.16. The van der Waals surface area contributed by atoms with Crippen molar-refractivity contribution in [3.05, 3.63) is 29.8 Å². The Bertz CT molecular complexity index is 285. The van der Waals surface area contributed by atoms with E-state index in [0.717, 1.165) is 5.52 Å². The van der Waals surface area contributed by atoms with Gasteiger partial charge in [0.05, 0.1) is 10.2 Å². The lowest BCUT2D eigenvalue weighted by Crippen LogP contribution is -1.65. The van der Waals surface area contributed by atoms with Gasteiger partial charge in [-0.1, -0.05) is 59.4 Å². The van der Waals surface area contributed by atoms with E-state index >= 15 is 0 Å². The number of thiophene rings is 1. The number of aromatic nitrogens is 1. The highest BCUT2D eigenvalue weighted by Gasteiger charge is 1.89. The van der Waals surface area contributed by atoms with Gasteiger partial charge >= 0.3 is 0 Å². The topological polar surface area (TPSA) is 12.9 Å². The summed E-state index contributed by atoms with van der Waals surface area (Å²) < 4.78 is 1.26. The number of rotatable bonds is 0. The van der Waals surface area contributed by atoms with E-state index in [0.29, 0.717) is 0 Å². The third kappa shape index (κ3) is 10.0. The second-order valence-electron chi connectivity index (χ2n) is 1.81. The smallest absolute Gasteiger partial charge is 0.0809 e. The average molecular weight is 264 g/mol. The molecule has 2 heteroatoms. The predicted octanol–water partition coefficient (Wildman–Crippen LogP) is 7.39. The van der Waals surface area contributed by atoms with Crippen LogP contribution in [-0.4, -0.2) is 4.98 Å². The van der Waals surface area contributed by atoms with Crippen LogP contribution in [0.15, 0.2) is 29.8 Å². The quantitative estimate of drug-likeness (QED) is 0.483. The lowest BCUT2D eigenvalue weighted by molar-refractivity contribution is 1.43. The van der Waals surface area contributed by atoms with Crippen LogP contribution in [0.2, 0.25) is 0 Å². The number of nitrogens with zero attached hydrogens (tertiary/aromatic N) is 1. The molecule has 17 heavy (non-hydrogen) atoms. The Morgan fingerprint density at radius 3 is 1.76 bits per heavy atom. The normalized spacial score (nSPS) is 5.41. The molecule has 1 nitrogen and oxygen atoms in total. The van der Waals surface area contributed by atoms with Crippen molar-refractivity contribution in [2.24, 2.45) is 0 Å². The molecule has 0 aliphatic carbocycles. The fourth-order valence-corrected chi connectivity index (χ4v) is 1.54. The molecule has 2 rings (SSSR count). The maximum atomic E-state index is 4.15. The Morgan fingerprint density at radius 2 is 1.29 bits per heavy atom. The zero-order valence-electron chi connectivity index (χ0n) is 4.74. The predicted molar refractivity (Wildman–Crippen MR) is 93.5 cm³/mol. The Labute approximate surface area is 116 Å². The molecule has 108 valence electrons. The highest BCUT2D eigenvalue weighted by molar-refractivity contribution is 7.17. The summed E-state index contributed by atoms with van der Waals surface area (Å²) in [7, 11) is 0. The van der Waals surface area contributed by atoms with Crippen molar-refractivity contribution in [3.8, 4) is 0 Å². The van der Waals surface area contributed by atoms with Gasteiger partial charge in [0.15, 0.2) is 0 Å². The molecule has 0 aromatic carbocycles. The lowest BCUT2D eigenvalue weighted by atomic mass is 10.4. The summed E-state index contributed by atoms with van der Waals surface area (Å²) in [6.07, 6.45) is 1.81. The van der Waals surface area contributed by atoms with Gasteiger partial charge in [0.2, 0.25) is 0 Å². The molecule has 0 spiro atoms. The van der Waals surface area contributed by atoms with Gasteiger partial charge in [0.25, 0.3) is 0 Å². The molecule has 2 heterocycles. The van der Waals surface area contributed by atoms with Crippen molar-refractivity contribution in [1.29, 1.82) is 0 Å². The molecule has 0 saturated heterocycles. The molecule has 0 N–H and O–H groups in total. The van der Waals surface area contributed by atoms with E-state index in [4.69, 9.17) is 0 Å². The van der Waals surface area contributed by atoms with Gasteiger partial charge in [-0.2, -0.15) is 0 Å². The first-order chi connectivity index (χ1) is 4.47. The van der Waals surface area contributed by atoms with E-state index in [1.165, 1.54) is 4.70 Å². The van der Waals surface area contributed by atoms with Gasteiger partial charge in [-0.15, -0.1) is 11.3 Å². The highest BCUT2D eigenvalue weighted by atomic mass is 32.1. The minimum absolute atomic E-state index is 0. The first kappa shape index (κ1) is 44.3. The zero-order chi connectivity index (χ0) is 6.10. The number of fused-ring (bicyclic) bond motifs is 1. The van der Waals surface area contributed by atoms with Gasteiger partial charge in [-0.3, -0.25) is 4.98 Å². The average Bonchev–Trinajstić information content (AvgIpc) is 2.33. The Hall–Kier alpha value is -0.890. The largest absolute Gasteiger partial charge is 0.255 e. The van der Waals surface area contributed by atoms with Crippen molar-refractivity contribution in [2.75, 3.05) is 0 Å². The molecule has 0 saturated carbocycles. The van der Waals surface area contributed by atoms with Crippen molar-refractivity contribution in [2.45, 2.75) is 59.4 Å². The van der Waals surface area contributed by atoms with Crippen LogP contribution in [0.25, 0.3) is 10.2 Å². The van der Waals surface area contributed by atoms with Crippen molar-refractivity contribution < 1.29 is 0 Å². The van der Waals surface area contributed by atoms with Crippen LogP contribution in [0.3, 0.4) is 0 Å². The first-order valence-electron chi connectivity index (χ1n) is 2.75. The van der Waals surface area contributed by atoms with E-state index in [1.807, 2.05) is 18.3 Å². The summed E-state index contributed by atoms with van der Waals surface area (Å²) in [5, 5.41) is 2.05. The van der Waals surface area contributed by atoms with Crippen LogP contribution in [0.4, 0.5) is 0 Å². The molecule has 2 aromatic heterocycles. The van der Waals surface area contributed by atoms with Crippen LogP contribution >= 0.6 is 11.3 Å². The second-order valence-corrected chi connectivity index (χ2v) is 2.76. The Balaban J connectivity index is -0.0000000250. The molecular formula is C15H37NS. The van der Waals surface area contributed by atoms with Crippen molar-refractivity contribution >= 4 is 21.6 Å². The van der Waals surface area contributed by atoms with Crippen LogP contribution in [0, 0.1) is 0 Å². The van der Waals surface area contributed by atoms with E-state index < -0.39 is 0 Å². The molecule has 0 amide bonds. The summed E-state index contributed by atoms with van der Waals surface area (Å²) in [5.41, 5.74) is 1.10. The number of pyridine rings is 1. The van der Waals surface area contributed by atoms with Gasteiger partial charge in [0.1, 0.15) is 0 Å². The summed E-state index contributed by atoms with van der Waals surface area (Å²) in [5.74, 6) is 0. The van der Waals surface area contributed by atoms with Gasteiger partial charge < -0.3 is 0 Å². The van der Waals surface area contributed by atoms with Crippen molar-refractivity contribution in [1.82, 2.24) is 4.98 Å². The van der Waals surface area contributed by atoms with Gasteiger partial charge in [-0.25, -0.2) is 0 Å². The maximum absolute atomic E-state index is 4.15. The van der Waals surface area contributed by atoms with E-state index in [2.05, 4.69) is 16.4 Å². The van der Waals surface area contributed by atoms with E-state index in [1.54, 1.807) is 11.3 Å². The Morgan fingerprint density at radius 1 is 0.765 bits per heavy atom. The van der Waals surface area contributed by atoms with E-state index in [9.17, 15) is 0 Å². The molecule has 0 unspecified atom stereocenters. The van der Waals surface area contributed by atoms with E-state index in [-0.39, 0.29) is 59.4 Å².